The lowest BCUT2D eigenvalue weighted by Crippen LogP contribution is -2.44. The van der Waals surface area contributed by atoms with Crippen LogP contribution in [-0.2, 0) is 19.1 Å². The van der Waals surface area contributed by atoms with Crippen molar-refractivity contribution in [3.8, 4) is 0 Å². The molecule has 1 amide bonds. The highest BCUT2D eigenvalue weighted by Crippen LogP contribution is 2.21. The molecule has 21 heavy (non-hydrogen) atoms. The summed E-state index contributed by atoms with van der Waals surface area (Å²) in [5.74, 6) is -1.35. The topological polar surface area (TPSA) is 84.9 Å². The van der Waals surface area contributed by atoms with E-state index in [9.17, 15) is 9.59 Å². The van der Waals surface area contributed by atoms with Crippen molar-refractivity contribution in [2.45, 2.75) is 18.6 Å². The molecule has 0 aromatic heterocycles. The van der Waals surface area contributed by atoms with Crippen molar-refractivity contribution in [1.29, 1.82) is 0 Å². The quantitative estimate of drug-likeness (QED) is 0.833. The van der Waals surface area contributed by atoms with Crippen LogP contribution in [0.1, 0.15) is 18.0 Å². The molecule has 6 nitrogen and oxygen atoms in total. The molecule has 2 atom stereocenters. The number of ether oxygens (including phenoxy) is 2. The first-order chi connectivity index (χ1) is 10.1. The first kappa shape index (κ1) is 15.9. The summed E-state index contributed by atoms with van der Waals surface area (Å²) < 4.78 is 11.3. The van der Waals surface area contributed by atoms with E-state index in [1.54, 1.807) is 18.2 Å². The lowest BCUT2D eigenvalue weighted by Gasteiger charge is -2.25. The van der Waals surface area contributed by atoms with Gasteiger partial charge in [-0.2, -0.15) is 0 Å². The molecule has 1 aromatic carbocycles. The molecule has 0 aliphatic carbocycles. The molecule has 2 N–H and O–H groups in total. The van der Waals surface area contributed by atoms with Gasteiger partial charge in [0.25, 0.3) is 5.91 Å². The van der Waals surface area contributed by atoms with Crippen LogP contribution in [0.4, 0.5) is 0 Å². The average molecular weight is 358 g/mol. The Bertz CT molecular complexity index is 516. The van der Waals surface area contributed by atoms with Gasteiger partial charge in [0.05, 0.1) is 32.3 Å². The monoisotopic (exact) mass is 357 g/mol. The molecular formula is C14H16BrNO5. The van der Waals surface area contributed by atoms with E-state index >= 15 is 0 Å². The fraction of sp³-hybridized carbons (Fsp3) is 0.429. The van der Waals surface area contributed by atoms with E-state index in [2.05, 4.69) is 21.2 Å². The van der Waals surface area contributed by atoms with Gasteiger partial charge in [0.15, 0.2) is 6.10 Å². The zero-order chi connectivity index (χ0) is 15.2. The molecule has 1 heterocycles. The molecule has 1 fully saturated rings. The Morgan fingerprint density at radius 3 is 2.86 bits per heavy atom. The number of hydrogen-bond acceptors (Lipinski definition) is 4. The molecule has 0 radical (unpaired) electrons. The van der Waals surface area contributed by atoms with Gasteiger partial charge in [0, 0.05) is 4.47 Å². The van der Waals surface area contributed by atoms with E-state index in [1.807, 2.05) is 6.07 Å². The third-order valence-electron chi connectivity index (χ3n) is 3.05. The van der Waals surface area contributed by atoms with E-state index in [1.165, 1.54) is 0 Å². The summed E-state index contributed by atoms with van der Waals surface area (Å²) in [4.78, 5) is 23.1. The van der Waals surface area contributed by atoms with Crippen molar-refractivity contribution in [3.05, 3.63) is 34.3 Å². The second-order valence-electron chi connectivity index (χ2n) is 4.65. The zero-order valence-electron chi connectivity index (χ0n) is 11.3. The number of benzene rings is 1. The number of carboxylic acids is 1. The normalized spacial score (nSPS) is 19.8. The van der Waals surface area contributed by atoms with Gasteiger partial charge < -0.3 is 19.9 Å². The second-order valence-corrected chi connectivity index (χ2v) is 5.56. The minimum Gasteiger partial charge on any atom is -0.481 e. The zero-order valence-corrected chi connectivity index (χ0v) is 12.8. The Morgan fingerprint density at radius 2 is 2.24 bits per heavy atom. The largest absolute Gasteiger partial charge is 0.481 e. The van der Waals surface area contributed by atoms with E-state index in [4.69, 9.17) is 14.6 Å². The van der Waals surface area contributed by atoms with Crippen LogP contribution in [0, 0.1) is 0 Å². The first-order valence-electron chi connectivity index (χ1n) is 6.53. The molecule has 7 heteroatoms. The van der Waals surface area contributed by atoms with Gasteiger partial charge >= 0.3 is 5.97 Å². The van der Waals surface area contributed by atoms with Gasteiger partial charge in [-0.05, 0) is 17.7 Å². The molecule has 1 aromatic rings. The summed E-state index contributed by atoms with van der Waals surface area (Å²) >= 11 is 3.33. The van der Waals surface area contributed by atoms with Crippen LogP contribution < -0.4 is 5.32 Å². The minimum absolute atomic E-state index is 0.185. The van der Waals surface area contributed by atoms with Gasteiger partial charge in [-0.15, -0.1) is 0 Å². The number of carbonyl (C=O) groups excluding carboxylic acids is 1. The highest BCUT2D eigenvalue weighted by molar-refractivity contribution is 9.10. The lowest BCUT2D eigenvalue weighted by atomic mass is 10.0. The first-order valence-corrected chi connectivity index (χ1v) is 7.32. The smallest absolute Gasteiger partial charge is 0.305 e. The molecule has 0 unspecified atom stereocenters. The summed E-state index contributed by atoms with van der Waals surface area (Å²) in [5.41, 5.74) is 0.719. The van der Waals surface area contributed by atoms with Crippen molar-refractivity contribution in [3.63, 3.8) is 0 Å². The molecule has 0 saturated carbocycles. The van der Waals surface area contributed by atoms with E-state index < -0.39 is 18.1 Å². The van der Waals surface area contributed by atoms with Gasteiger partial charge in [-0.25, -0.2) is 0 Å². The third-order valence-corrected chi connectivity index (χ3v) is 3.55. The SMILES string of the molecule is O=C(O)C[C@@H](NC(=O)[C@H]1COCCO1)c1cccc(Br)c1. The maximum Gasteiger partial charge on any atom is 0.305 e. The van der Waals surface area contributed by atoms with E-state index in [-0.39, 0.29) is 18.9 Å². The van der Waals surface area contributed by atoms with Crippen molar-refractivity contribution in [2.24, 2.45) is 0 Å². The van der Waals surface area contributed by atoms with Crippen LogP contribution in [0.5, 0.6) is 0 Å². The number of rotatable bonds is 5. The molecule has 2 rings (SSSR count). The van der Waals surface area contributed by atoms with Gasteiger partial charge in [-0.1, -0.05) is 28.1 Å². The highest BCUT2D eigenvalue weighted by Gasteiger charge is 2.26. The van der Waals surface area contributed by atoms with Crippen LogP contribution in [-0.4, -0.2) is 42.9 Å². The molecule has 1 aliphatic heterocycles. The standard InChI is InChI=1S/C14H16BrNO5/c15-10-3-1-2-9(6-10)11(7-13(17)18)16-14(19)12-8-20-4-5-21-12/h1-3,6,11-12H,4-5,7-8H2,(H,16,19)(H,17,18)/t11-,12-/m1/s1. The molecular weight excluding hydrogens is 342 g/mol. The Kier molecular flexibility index (Phi) is 5.72. The van der Waals surface area contributed by atoms with Gasteiger partial charge in [0.2, 0.25) is 0 Å². The van der Waals surface area contributed by atoms with Crippen molar-refractivity contribution in [1.82, 2.24) is 5.32 Å². The summed E-state index contributed by atoms with van der Waals surface area (Å²) in [7, 11) is 0. The molecule has 1 aliphatic rings. The second kappa shape index (κ2) is 7.53. The van der Waals surface area contributed by atoms with Crippen molar-refractivity contribution in [2.75, 3.05) is 19.8 Å². The minimum atomic E-state index is -0.985. The van der Waals surface area contributed by atoms with Crippen LogP contribution in [0.3, 0.4) is 0 Å². The van der Waals surface area contributed by atoms with E-state index in [0.717, 1.165) is 10.0 Å². The summed E-state index contributed by atoms with van der Waals surface area (Å²) in [6.07, 6.45) is -0.891. The molecule has 114 valence electrons. The maximum absolute atomic E-state index is 12.1. The fourth-order valence-corrected chi connectivity index (χ4v) is 2.47. The predicted octanol–water partition coefficient (Wildman–Crippen LogP) is 1.50. The van der Waals surface area contributed by atoms with Crippen molar-refractivity contribution >= 4 is 27.8 Å². The van der Waals surface area contributed by atoms with Gasteiger partial charge in [-0.3, -0.25) is 9.59 Å². The number of aliphatic carboxylic acids is 1. The highest BCUT2D eigenvalue weighted by atomic mass is 79.9. The van der Waals surface area contributed by atoms with Gasteiger partial charge in [0.1, 0.15) is 0 Å². The number of carboxylic acid groups (broad SMARTS) is 1. The number of amides is 1. The fourth-order valence-electron chi connectivity index (χ4n) is 2.05. The summed E-state index contributed by atoms with van der Waals surface area (Å²) in [6, 6.07) is 6.57. The number of carbonyl (C=O) groups is 2. The van der Waals surface area contributed by atoms with Crippen molar-refractivity contribution < 1.29 is 24.2 Å². The summed E-state index contributed by atoms with van der Waals surface area (Å²) in [5, 5.41) is 11.7. The average Bonchev–Trinajstić information content (AvgIpc) is 2.47. The maximum atomic E-state index is 12.1. The Balaban J connectivity index is 2.08. The van der Waals surface area contributed by atoms with E-state index in [0.29, 0.717) is 13.2 Å². The van der Waals surface area contributed by atoms with Crippen LogP contribution >= 0.6 is 15.9 Å². The molecule has 0 bridgehead atoms. The number of hydrogen-bond donors (Lipinski definition) is 2. The Hall–Kier alpha value is -1.44. The Morgan fingerprint density at radius 1 is 1.43 bits per heavy atom. The lowest BCUT2D eigenvalue weighted by molar-refractivity contribution is -0.148. The van der Waals surface area contributed by atoms with Crippen LogP contribution in [0.25, 0.3) is 0 Å². The van der Waals surface area contributed by atoms with Crippen LogP contribution in [0.2, 0.25) is 0 Å². The number of halogens is 1. The third kappa shape index (κ3) is 4.80. The summed E-state index contributed by atoms with van der Waals surface area (Å²) in [6.45, 7) is 1.01. The molecule has 0 spiro atoms. The Labute approximate surface area is 130 Å². The molecule has 1 saturated heterocycles. The number of nitrogens with one attached hydrogen (secondary N) is 1. The van der Waals surface area contributed by atoms with Crippen LogP contribution in [0.15, 0.2) is 28.7 Å². The predicted molar refractivity (Wildman–Crippen MR) is 77.8 cm³/mol.